The van der Waals surface area contributed by atoms with E-state index in [4.69, 9.17) is 10.6 Å². The number of aryl methyl sites for hydroxylation is 1. The van der Waals surface area contributed by atoms with Crippen molar-refractivity contribution in [1.29, 1.82) is 0 Å². The highest BCUT2D eigenvalue weighted by Gasteiger charge is 2.38. The standard InChI is InChI=1S/C11H20N4O/c1-11(6-3-4-8-16-11)10(14-12)9-5-7-13-15(9)2/h5,7,10,14H,3-4,6,8,12H2,1-2H3. The fraction of sp³-hybridized carbons (Fsp3) is 0.727. The number of nitrogens with one attached hydrogen (secondary N) is 1. The molecule has 1 fully saturated rings. The van der Waals surface area contributed by atoms with Gasteiger partial charge >= 0.3 is 0 Å². The van der Waals surface area contributed by atoms with E-state index in [0.29, 0.717) is 0 Å². The third kappa shape index (κ3) is 1.98. The highest BCUT2D eigenvalue weighted by atomic mass is 16.5. The Morgan fingerprint density at radius 2 is 2.44 bits per heavy atom. The van der Waals surface area contributed by atoms with Crippen LogP contribution in [0.2, 0.25) is 0 Å². The topological polar surface area (TPSA) is 65.1 Å². The van der Waals surface area contributed by atoms with Crippen molar-refractivity contribution in [1.82, 2.24) is 15.2 Å². The second-order valence-electron chi connectivity index (χ2n) is 4.60. The Balaban J connectivity index is 2.24. The van der Waals surface area contributed by atoms with Crippen LogP contribution in [0.25, 0.3) is 0 Å². The van der Waals surface area contributed by atoms with Crippen LogP contribution in [0.5, 0.6) is 0 Å². The molecule has 90 valence electrons. The molecule has 2 unspecified atom stereocenters. The predicted molar refractivity (Wildman–Crippen MR) is 61.5 cm³/mol. The van der Waals surface area contributed by atoms with Crippen molar-refractivity contribution in [3.8, 4) is 0 Å². The van der Waals surface area contributed by atoms with Gasteiger partial charge in [-0.1, -0.05) is 0 Å². The van der Waals surface area contributed by atoms with E-state index in [2.05, 4.69) is 17.4 Å². The first-order valence-corrected chi connectivity index (χ1v) is 5.75. The summed E-state index contributed by atoms with van der Waals surface area (Å²) in [5.74, 6) is 5.68. The van der Waals surface area contributed by atoms with Crippen LogP contribution < -0.4 is 11.3 Å². The molecule has 0 saturated carbocycles. The molecule has 0 aliphatic carbocycles. The molecular formula is C11H20N4O. The molecule has 0 bridgehead atoms. The van der Waals surface area contributed by atoms with Gasteiger partial charge in [-0.15, -0.1) is 0 Å². The number of nitrogens with zero attached hydrogens (tertiary/aromatic N) is 2. The van der Waals surface area contributed by atoms with Crippen LogP contribution >= 0.6 is 0 Å². The Morgan fingerprint density at radius 3 is 2.94 bits per heavy atom. The lowest BCUT2D eigenvalue weighted by Crippen LogP contribution is -2.48. The summed E-state index contributed by atoms with van der Waals surface area (Å²) < 4.78 is 7.75. The molecule has 2 heterocycles. The van der Waals surface area contributed by atoms with E-state index < -0.39 is 0 Å². The average Bonchev–Trinajstić information content (AvgIpc) is 2.67. The molecule has 5 heteroatoms. The molecule has 1 saturated heterocycles. The fourth-order valence-corrected chi connectivity index (χ4v) is 2.43. The molecular weight excluding hydrogens is 204 g/mol. The van der Waals surface area contributed by atoms with Gasteiger partial charge in [0.25, 0.3) is 0 Å². The highest BCUT2D eigenvalue weighted by Crippen LogP contribution is 2.35. The van der Waals surface area contributed by atoms with Gasteiger partial charge in [0.05, 0.1) is 17.3 Å². The summed E-state index contributed by atoms with van der Waals surface area (Å²) in [5.41, 5.74) is 3.70. The summed E-state index contributed by atoms with van der Waals surface area (Å²) in [6.45, 7) is 2.93. The Hall–Kier alpha value is -0.910. The van der Waals surface area contributed by atoms with Crippen molar-refractivity contribution in [2.75, 3.05) is 6.61 Å². The lowest BCUT2D eigenvalue weighted by Gasteiger charge is -2.40. The molecule has 1 aliphatic heterocycles. The van der Waals surface area contributed by atoms with Crippen molar-refractivity contribution in [2.24, 2.45) is 12.9 Å². The van der Waals surface area contributed by atoms with Gasteiger partial charge in [0, 0.05) is 19.9 Å². The summed E-state index contributed by atoms with van der Waals surface area (Å²) in [4.78, 5) is 0. The molecule has 0 aromatic carbocycles. The van der Waals surface area contributed by atoms with Crippen LogP contribution in [0.15, 0.2) is 12.3 Å². The predicted octanol–water partition coefficient (Wildman–Crippen LogP) is 0.884. The average molecular weight is 224 g/mol. The van der Waals surface area contributed by atoms with Crippen molar-refractivity contribution in [3.05, 3.63) is 18.0 Å². The van der Waals surface area contributed by atoms with E-state index in [1.807, 2.05) is 17.8 Å². The summed E-state index contributed by atoms with van der Waals surface area (Å²) in [5, 5.41) is 4.18. The van der Waals surface area contributed by atoms with Crippen molar-refractivity contribution in [3.63, 3.8) is 0 Å². The van der Waals surface area contributed by atoms with Crippen LogP contribution in [0.4, 0.5) is 0 Å². The minimum atomic E-state index is -0.235. The van der Waals surface area contributed by atoms with Crippen molar-refractivity contribution < 1.29 is 4.74 Å². The summed E-state index contributed by atoms with van der Waals surface area (Å²) in [7, 11) is 1.92. The lowest BCUT2D eigenvalue weighted by atomic mass is 9.86. The van der Waals surface area contributed by atoms with E-state index in [1.54, 1.807) is 6.20 Å². The molecule has 1 aliphatic rings. The Bertz CT molecular complexity index is 344. The molecule has 1 aromatic heterocycles. The van der Waals surface area contributed by atoms with Crippen LogP contribution in [0, 0.1) is 0 Å². The number of aromatic nitrogens is 2. The molecule has 2 atom stereocenters. The molecule has 0 radical (unpaired) electrons. The summed E-state index contributed by atoms with van der Waals surface area (Å²) >= 11 is 0. The van der Waals surface area contributed by atoms with E-state index in [0.717, 1.165) is 25.1 Å². The van der Waals surface area contributed by atoms with E-state index >= 15 is 0 Å². The van der Waals surface area contributed by atoms with E-state index in [-0.39, 0.29) is 11.6 Å². The minimum absolute atomic E-state index is 0.0136. The normalized spacial score (nSPS) is 27.9. The molecule has 3 N–H and O–H groups in total. The SMILES string of the molecule is Cn1nccc1C(NN)C1(C)CCCCO1. The van der Waals surface area contributed by atoms with Gasteiger partial charge in [-0.2, -0.15) is 5.10 Å². The maximum absolute atomic E-state index is 5.91. The van der Waals surface area contributed by atoms with E-state index in [9.17, 15) is 0 Å². The molecule has 5 nitrogen and oxygen atoms in total. The lowest BCUT2D eigenvalue weighted by molar-refractivity contribution is -0.0913. The zero-order valence-electron chi connectivity index (χ0n) is 9.94. The second-order valence-corrected chi connectivity index (χ2v) is 4.60. The number of hydrogen-bond acceptors (Lipinski definition) is 4. The second kappa shape index (κ2) is 4.53. The first-order valence-electron chi connectivity index (χ1n) is 5.75. The van der Waals surface area contributed by atoms with Crippen LogP contribution in [0.1, 0.15) is 37.9 Å². The van der Waals surface area contributed by atoms with Gasteiger partial charge in [-0.05, 0) is 32.3 Å². The first-order chi connectivity index (χ1) is 7.67. The highest BCUT2D eigenvalue weighted by molar-refractivity contribution is 5.12. The summed E-state index contributed by atoms with van der Waals surface area (Å²) in [6.07, 6.45) is 5.13. The van der Waals surface area contributed by atoms with Gasteiger partial charge < -0.3 is 4.74 Å². The van der Waals surface area contributed by atoms with Crippen LogP contribution in [-0.4, -0.2) is 22.0 Å². The third-order valence-corrected chi connectivity index (χ3v) is 3.43. The zero-order chi connectivity index (χ0) is 11.6. The van der Waals surface area contributed by atoms with Gasteiger partial charge in [-0.3, -0.25) is 10.5 Å². The Labute approximate surface area is 95.9 Å². The van der Waals surface area contributed by atoms with Crippen molar-refractivity contribution >= 4 is 0 Å². The smallest absolute Gasteiger partial charge is 0.0915 e. The maximum atomic E-state index is 5.91. The molecule has 0 spiro atoms. The third-order valence-electron chi connectivity index (χ3n) is 3.43. The summed E-state index contributed by atoms with van der Waals surface area (Å²) in [6, 6.07) is 1.97. The fourth-order valence-electron chi connectivity index (χ4n) is 2.43. The largest absolute Gasteiger partial charge is 0.373 e. The van der Waals surface area contributed by atoms with Gasteiger partial charge in [0.2, 0.25) is 0 Å². The minimum Gasteiger partial charge on any atom is -0.373 e. The first kappa shape index (κ1) is 11.6. The van der Waals surface area contributed by atoms with Gasteiger partial charge in [-0.25, -0.2) is 5.43 Å². The zero-order valence-corrected chi connectivity index (χ0v) is 9.94. The number of hydrazine groups is 1. The van der Waals surface area contributed by atoms with Crippen LogP contribution in [0.3, 0.4) is 0 Å². The molecule has 16 heavy (non-hydrogen) atoms. The quantitative estimate of drug-likeness (QED) is 0.591. The number of hydrogen-bond donors (Lipinski definition) is 2. The monoisotopic (exact) mass is 224 g/mol. The Kier molecular flexibility index (Phi) is 3.28. The van der Waals surface area contributed by atoms with Crippen molar-refractivity contribution in [2.45, 2.75) is 37.8 Å². The number of rotatable bonds is 3. The van der Waals surface area contributed by atoms with E-state index in [1.165, 1.54) is 6.42 Å². The maximum Gasteiger partial charge on any atom is 0.0915 e. The number of nitrogens with two attached hydrogens (primary N) is 1. The van der Waals surface area contributed by atoms with Crippen LogP contribution in [-0.2, 0) is 11.8 Å². The van der Waals surface area contributed by atoms with Gasteiger partial charge in [0.15, 0.2) is 0 Å². The molecule has 2 rings (SSSR count). The van der Waals surface area contributed by atoms with Gasteiger partial charge in [0.1, 0.15) is 0 Å². The molecule has 0 amide bonds. The Morgan fingerprint density at radius 1 is 1.62 bits per heavy atom. The molecule has 1 aromatic rings. The number of ether oxygens (including phenoxy) is 1.